The fraction of sp³-hybridized carbons (Fsp3) is 0.0625. The number of aromatic amines is 1. The second-order valence-electron chi connectivity index (χ2n) is 4.96. The molecule has 0 radical (unpaired) electrons. The first-order valence-corrected chi connectivity index (χ1v) is 7.07. The molecule has 4 rings (SSSR count). The maximum Gasteiger partial charge on any atom is 0.180 e. The van der Waals surface area contributed by atoms with Gasteiger partial charge in [-0.25, -0.2) is 9.97 Å². The van der Waals surface area contributed by atoms with Gasteiger partial charge in [-0.05, 0) is 12.1 Å². The molecule has 7 heteroatoms. The van der Waals surface area contributed by atoms with Crippen molar-refractivity contribution in [1.29, 1.82) is 0 Å². The van der Waals surface area contributed by atoms with E-state index in [0.717, 1.165) is 28.3 Å². The van der Waals surface area contributed by atoms with Crippen molar-refractivity contribution in [3.63, 3.8) is 0 Å². The highest BCUT2D eigenvalue weighted by Crippen LogP contribution is 2.25. The van der Waals surface area contributed by atoms with Crippen LogP contribution in [-0.2, 0) is 0 Å². The molecule has 7 nitrogen and oxygen atoms in total. The van der Waals surface area contributed by atoms with Crippen LogP contribution in [0.1, 0.15) is 0 Å². The van der Waals surface area contributed by atoms with Gasteiger partial charge in [0.05, 0.1) is 25.2 Å². The van der Waals surface area contributed by atoms with Crippen LogP contribution in [0.25, 0.3) is 16.9 Å². The van der Waals surface area contributed by atoms with Crippen molar-refractivity contribution in [2.24, 2.45) is 0 Å². The Bertz CT molecular complexity index is 944. The van der Waals surface area contributed by atoms with Gasteiger partial charge in [0.1, 0.15) is 5.75 Å². The second kappa shape index (κ2) is 5.45. The summed E-state index contributed by atoms with van der Waals surface area (Å²) in [5.74, 6) is 1.46. The Balaban J connectivity index is 1.77. The summed E-state index contributed by atoms with van der Waals surface area (Å²) < 4.78 is 7.21. The number of hydrogen-bond acceptors (Lipinski definition) is 5. The number of imidazole rings is 1. The number of nitrogens with zero attached hydrogens (tertiary/aromatic N) is 4. The molecule has 3 aromatic heterocycles. The molecular weight excluding hydrogens is 292 g/mol. The maximum atomic E-state index is 5.24. The molecule has 0 fully saturated rings. The lowest BCUT2D eigenvalue weighted by Crippen LogP contribution is -2.00. The summed E-state index contributed by atoms with van der Waals surface area (Å²) in [6, 6.07) is 7.67. The molecule has 1 aromatic carbocycles. The molecule has 2 N–H and O–H groups in total. The van der Waals surface area contributed by atoms with Gasteiger partial charge in [0.2, 0.25) is 0 Å². The molecule has 0 atom stereocenters. The molecule has 114 valence electrons. The van der Waals surface area contributed by atoms with E-state index >= 15 is 0 Å². The standard InChI is InChI=1S/C16H14N6O/c1-23-13-4-2-3-12(7-13)21-15-16-17-5-6-22(16)14(10-18-15)11-8-19-20-9-11/h2-10H,1H3,(H,18,21)(H,19,20). The van der Waals surface area contributed by atoms with E-state index in [4.69, 9.17) is 4.74 Å². The number of rotatable bonds is 4. The molecule has 0 aliphatic rings. The minimum absolute atomic E-state index is 0.676. The van der Waals surface area contributed by atoms with Crippen molar-refractivity contribution in [2.45, 2.75) is 0 Å². The number of benzene rings is 1. The largest absolute Gasteiger partial charge is 0.497 e. The zero-order chi connectivity index (χ0) is 15.6. The van der Waals surface area contributed by atoms with Crippen LogP contribution in [0.3, 0.4) is 0 Å². The Morgan fingerprint density at radius 2 is 2.17 bits per heavy atom. The second-order valence-corrected chi connectivity index (χ2v) is 4.96. The van der Waals surface area contributed by atoms with Crippen molar-refractivity contribution in [3.05, 3.63) is 55.2 Å². The van der Waals surface area contributed by atoms with Crippen molar-refractivity contribution in [2.75, 3.05) is 12.4 Å². The number of nitrogens with one attached hydrogen (secondary N) is 2. The van der Waals surface area contributed by atoms with Gasteiger partial charge >= 0.3 is 0 Å². The molecule has 0 aliphatic carbocycles. The molecular formula is C16H14N6O. The summed E-state index contributed by atoms with van der Waals surface area (Å²) in [5, 5.41) is 10.1. The van der Waals surface area contributed by atoms with Crippen LogP contribution >= 0.6 is 0 Å². The first-order chi connectivity index (χ1) is 11.3. The van der Waals surface area contributed by atoms with Crippen molar-refractivity contribution in [3.8, 4) is 17.0 Å². The van der Waals surface area contributed by atoms with Crippen molar-refractivity contribution in [1.82, 2.24) is 24.6 Å². The van der Waals surface area contributed by atoms with E-state index in [2.05, 4.69) is 25.5 Å². The molecule has 23 heavy (non-hydrogen) atoms. The lowest BCUT2D eigenvalue weighted by molar-refractivity contribution is 0.415. The summed E-state index contributed by atoms with van der Waals surface area (Å²) >= 11 is 0. The Kier molecular flexibility index (Phi) is 3.16. The fourth-order valence-corrected chi connectivity index (χ4v) is 2.45. The van der Waals surface area contributed by atoms with Crippen LogP contribution in [-0.4, -0.2) is 31.7 Å². The molecule has 3 heterocycles. The molecule has 0 amide bonds. The number of aromatic nitrogens is 5. The van der Waals surface area contributed by atoms with E-state index in [1.807, 2.05) is 41.1 Å². The van der Waals surface area contributed by atoms with Crippen molar-refractivity contribution < 1.29 is 4.74 Å². The minimum Gasteiger partial charge on any atom is -0.497 e. The van der Waals surface area contributed by atoms with Gasteiger partial charge < -0.3 is 10.1 Å². The number of H-pyrrole nitrogens is 1. The highest BCUT2D eigenvalue weighted by Gasteiger charge is 2.11. The first kappa shape index (κ1) is 13.3. The van der Waals surface area contributed by atoms with E-state index in [9.17, 15) is 0 Å². The van der Waals surface area contributed by atoms with Crippen LogP contribution in [0.2, 0.25) is 0 Å². The smallest absolute Gasteiger partial charge is 0.180 e. The molecule has 0 bridgehead atoms. The van der Waals surface area contributed by atoms with Crippen LogP contribution in [0, 0.1) is 0 Å². The zero-order valence-corrected chi connectivity index (χ0v) is 12.4. The average Bonchev–Trinajstić information content (AvgIpc) is 3.27. The minimum atomic E-state index is 0.676. The predicted octanol–water partition coefficient (Wildman–Crippen LogP) is 2.87. The third-order valence-electron chi connectivity index (χ3n) is 3.55. The van der Waals surface area contributed by atoms with Gasteiger partial charge in [-0.2, -0.15) is 5.10 Å². The third kappa shape index (κ3) is 2.38. The van der Waals surface area contributed by atoms with E-state index in [0.29, 0.717) is 5.82 Å². The summed E-state index contributed by atoms with van der Waals surface area (Å²) in [6.07, 6.45) is 9.02. The summed E-state index contributed by atoms with van der Waals surface area (Å²) in [6.45, 7) is 0. The maximum absolute atomic E-state index is 5.24. The highest BCUT2D eigenvalue weighted by molar-refractivity contribution is 5.74. The van der Waals surface area contributed by atoms with Crippen LogP contribution in [0.5, 0.6) is 5.75 Å². The molecule has 0 saturated heterocycles. The van der Waals surface area contributed by atoms with E-state index < -0.39 is 0 Å². The highest BCUT2D eigenvalue weighted by atomic mass is 16.5. The lowest BCUT2D eigenvalue weighted by Gasteiger charge is -2.10. The fourth-order valence-electron chi connectivity index (χ4n) is 2.45. The molecule has 0 spiro atoms. The number of fused-ring (bicyclic) bond motifs is 1. The first-order valence-electron chi connectivity index (χ1n) is 7.07. The van der Waals surface area contributed by atoms with Gasteiger partial charge in [0, 0.05) is 35.9 Å². The molecule has 0 aliphatic heterocycles. The SMILES string of the molecule is COc1cccc(Nc2ncc(-c3cn[nH]c3)n3ccnc23)c1. The summed E-state index contributed by atoms with van der Waals surface area (Å²) in [5.41, 5.74) is 3.50. The number of anilines is 2. The average molecular weight is 306 g/mol. The zero-order valence-electron chi connectivity index (χ0n) is 12.4. The number of ether oxygens (including phenoxy) is 1. The predicted molar refractivity (Wildman–Crippen MR) is 86.8 cm³/mol. The number of hydrogen-bond donors (Lipinski definition) is 2. The number of methoxy groups -OCH3 is 1. The quantitative estimate of drug-likeness (QED) is 0.606. The van der Waals surface area contributed by atoms with Crippen LogP contribution in [0.15, 0.2) is 55.2 Å². The van der Waals surface area contributed by atoms with Crippen LogP contribution < -0.4 is 10.1 Å². The Morgan fingerprint density at radius 3 is 3.00 bits per heavy atom. The van der Waals surface area contributed by atoms with Crippen molar-refractivity contribution >= 4 is 17.2 Å². The normalized spacial score (nSPS) is 10.8. The molecule has 0 saturated carbocycles. The van der Waals surface area contributed by atoms with E-state index in [-0.39, 0.29) is 0 Å². The summed E-state index contributed by atoms with van der Waals surface area (Å²) in [4.78, 5) is 8.91. The van der Waals surface area contributed by atoms with Crippen LogP contribution in [0.4, 0.5) is 11.5 Å². The van der Waals surface area contributed by atoms with E-state index in [1.165, 1.54) is 0 Å². The molecule has 0 unspecified atom stereocenters. The topological polar surface area (TPSA) is 80.1 Å². The van der Waals surface area contributed by atoms with E-state index in [1.54, 1.807) is 25.7 Å². The summed E-state index contributed by atoms with van der Waals surface area (Å²) in [7, 11) is 1.64. The van der Waals surface area contributed by atoms with Gasteiger partial charge in [-0.15, -0.1) is 0 Å². The van der Waals surface area contributed by atoms with Gasteiger partial charge in [-0.1, -0.05) is 6.07 Å². The Morgan fingerprint density at radius 1 is 1.22 bits per heavy atom. The third-order valence-corrected chi connectivity index (χ3v) is 3.55. The Labute approximate surface area is 132 Å². The monoisotopic (exact) mass is 306 g/mol. The molecule has 4 aromatic rings. The van der Waals surface area contributed by atoms with Gasteiger partial charge in [0.25, 0.3) is 0 Å². The lowest BCUT2D eigenvalue weighted by atomic mass is 10.2. The Hall–Kier alpha value is -3.35. The van der Waals surface area contributed by atoms with Gasteiger partial charge in [-0.3, -0.25) is 9.50 Å². The van der Waals surface area contributed by atoms with Gasteiger partial charge in [0.15, 0.2) is 11.5 Å².